The van der Waals surface area contributed by atoms with Gasteiger partial charge in [0.15, 0.2) is 0 Å². The fourth-order valence-corrected chi connectivity index (χ4v) is 3.33. The van der Waals surface area contributed by atoms with E-state index in [1.165, 1.54) is 5.56 Å². The first kappa shape index (κ1) is 25.6. The highest BCUT2D eigenvalue weighted by atomic mass is 16.2. The Morgan fingerprint density at radius 2 is 1.50 bits per heavy atom. The summed E-state index contributed by atoms with van der Waals surface area (Å²) in [6, 6.07) is 9.57. The van der Waals surface area contributed by atoms with E-state index in [0.717, 1.165) is 5.69 Å². The van der Waals surface area contributed by atoms with Gasteiger partial charge < -0.3 is 10.2 Å². The molecule has 1 heterocycles. The second-order valence-corrected chi connectivity index (χ2v) is 11.4. The summed E-state index contributed by atoms with van der Waals surface area (Å²) in [6.07, 6.45) is 0. The smallest absolute Gasteiger partial charge is 0.254 e. The minimum atomic E-state index is -0.290. The van der Waals surface area contributed by atoms with Crippen LogP contribution in [0, 0.1) is 0 Å². The number of carbonyl (C=O) groups excluding carboxylic acids is 2. The van der Waals surface area contributed by atoms with E-state index >= 15 is 0 Å². The summed E-state index contributed by atoms with van der Waals surface area (Å²) < 4.78 is 1.84. The van der Waals surface area contributed by atoms with Gasteiger partial charge in [0.25, 0.3) is 5.91 Å². The van der Waals surface area contributed by atoms with Gasteiger partial charge in [-0.15, -0.1) is 0 Å². The van der Waals surface area contributed by atoms with Crippen LogP contribution in [-0.4, -0.2) is 39.6 Å². The minimum absolute atomic E-state index is 0.0173. The van der Waals surface area contributed by atoms with E-state index in [1.54, 1.807) is 4.90 Å². The largest absolute Gasteiger partial charge is 0.330 e. The maximum Gasteiger partial charge on any atom is 0.254 e. The zero-order valence-corrected chi connectivity index (χ0v) is 21.5. The Bertz CT molecular complexity index is 952. The van der Waals surface area contributed by atoms with Gasteiger partial charge in [0.05, 0.1) is 11.2 Å². The highest BCUT2D eigenvalue weighted by Crippen LogP contribution is 2.28. The van der Waals surface area contributed by atoms with E-state index in [4.69, 9.17) is 5.10 Å². The van der Waals surface area contributed by atoms with Crippen LogP contribution < -0.4 is 5.32 Å². The number of aromatic nitrogens is 2. The summed E-state index contributed by atoms with van der Waals surface area (Å²) in [5.74, 6) is 0.255. The summed E-state index contributed by atoms with van der Waals surface area (Å²) >= 11 is 0. The van der Waals surface area contributed by atoms with E-state index in [0.29, 0.717) is 17.9 Å². The highest BCUT2D eigenvalue weighted by molar-refractivity contribution is 5.99. The molecule has 0 saturated carbocycles. The van der Waals surface area contributed by atoms with Crippen LogP contribution in [0.1, 0.15) is 90.9 Å². The van der Waals surface area contributed by atoms with Gasteiger partial charge in [0, 0.05) is 23.6 Å². The number of rotatable bonds is 5. The van der Waals surface area contributed by atoms with Crippen molar-refractivity contribution in [3.63, 3.8) is 0 Å². The Morgan fingerprint density at radius 1 is 0.938 bits per heavy atom. The molecular formula is C26H40N4O2. The minimum Gasteiger partial charge on any atom is -0.330 e. The first-order chi connectivity index (χ1) is 14.5. The van der Waals surface area contributed by atoms with Crippen LogP contribution in [0.3, 0.4) is 0 Å². The number of benzene rings is 1. The summed E-state index contributed by atoms with van der Waals surface area (Å²) in [5.41, 5.74) is 2.25. The number of nitrogens with zero attached hydrogens (tertiary/aromatic N) is 3. The number of carbonyl (C=O) groups is 2. The maximum atomic E-state index is 13.0. The first-order valence-corrected chi connectivity index (χ1v) is 11.3. The third-order valence-corrected chi connectivity index (χ3v) is 5.38. The molecule has 0 aliphatic carbocycles. The standard InChI is InChI=1S/C26H40N4O2/c1-11-29(23(32)18-12-14-19(15-13-18)24(2,3)4)17-22(31)27-21-16-20(25(5,6)7)28-30(21)26(8,9)10/h12-16H,11,17H2,1-10H3,(H,27,31). The van der Waals surface area contributed by atoms with E-state index in [1.807, 2.05) is 62.7 Å². The van der Waals surface area contributed by atoms with Crippen molar-refractivity contribution in [1.29, 1.82) is 0 Å². The van der Waals surface area contributed by atoms with Crippen molar-refractivity contribution in [1.82, 2.24) is 14.7 Å². The lowest BCUT2D eigenvalue weighted by Gasteiger charge is -2.24. The average molecular weight is 441 g/mol. The van der Waals surface area contributed by atoms with E-state index < -0.39 is 0 Å². The molecule has 2 aromatic rings. The molecule has 176 valence electrons. The second kappa shape index (κ2) is 9.08. The van der Waals surface area contributed by atoms with Crippen LogP contribution in [0.4, 0.5) is 5.82 Å². The topological polar surface area (TPSA) is 67.2 Å². The van der Waals surface area contributed by atoms with Gasteiger partial charge in [-0.1, -0.05) is 53.7 Å². The van der Waals surface area contributed by atoms with E-state index in [2.05, 4.69) is 46.9 Å². The zero-order chi connectivity index (χ0) is 24.5. The molecule has 0 saturated heterocycles. The molecule has 0 spiro atoms. The van der Waals surface area contributed by atoms with Crippen LogP contribution in [-0.2, 0) is 21.2 Å². The molecule has 6 nitrogen and oxygen atoms in total. The molecular weight excluding hydrogens is 400 g/mol. The van der Waals surface area contributed by atoms with Crippen LogP contribution in [0.5, 0.6) is 0 Å². The van der Waals surface area contributed by atoms with Gasteiger partial charge >= 0.3 is 0 Å². The summed E-state index contributed by atoms with van der Waals surface area (Å²) in [5, 5.41) is 7.71. The number of anilines is 1. The molecule has 2 rings (SSSR count). The van der Waals surface area contributed by atoms with Gasteiger partial charge in [0.1, 0.15) is 12.4 Å². The highest BCUT2D eigenvalue weighted by Gasteiger charge is 2.26. The fraction of sp³-hybridized carbons (Fsp3) is 0.577. The Hall–Kier alpha value is -2.63. The van der Waals surface area contributed by atoms with Crippen LogP contribution in [0.2, 0.25) is 0 Å². The van der Waals surface area contributed by atoms with Crippen molar-refractivity contribution in [3.8, 4) is 0 Å². The van der Waals surface area contributed by atoms with Crippen LogP contribution in [0.15, 0.2) is 30.3 Å². The quantitative estimate of drug-likeness (QED) is 0.683. The summed E-state index contributed by atoms with van der Waals surface area (Å²) in [7, 11) is 0. The van der Waals surface area contributed by atoms with Crippen molar-refractivity contribution in [2.75, 3.05) is 18.4 Å². The van der Waals surface area contributed by atoms with E-state index in [9.17, 15) is 9.59 Å². The van der Waals surface area contributed by atoms with Crippen LogP contribution in [0.25, 0.3) is 0 Å². The Morgan fingerprint density at radius 3 is 1.94 bits per heavy atom. The lowest BCUT2D eigenvalue weighted by atomic mass is 9.86. The zero-order valence-electron chi connectivity index (χ0n) is 21.5. The predicted octanol–water partition coefficient (Wildman–Crippen LogP) is 5.33. The number of hydrogen-bond donors (Lipinski definition) is 1. The molecule has 1 N–H and O–H groups in total. The third kappa shape index (κ3) is 6.21. The Kier molecular flexibility index (Phi) is 7.28. The number of likely N-dealkylation sites (N-methyl/N-ethyl adjacent to an activating group) is 1. The SMILES string of the molecule is CCN(CC(=O)Nc1cc(C(C)(C)C)nn1C(C)(C)C)C(=O)c1ccc(C(C)(C)C)cc1. The van der Waals surface area contributed by atoms with Crippen molar-refractivity contribution in [3.05, 3.63) is 47.2 Å². The molecule has 32 heavy (non-hydrogen) atoms. The van der Waals surface area contributed by atoms with Crippen molar-refractivity contribution in [2.45, 2.75) is 85.6 Å². The van der Waals surface area contributed by atoms with Crippen molar-refractivity contribution in [2.24, 2.45) is 0 Å². The first-order valence-electron chi connectivity index (χ1n) is 11.3. The van der Waals surface area contributed by atoms with Gasteiger partial charge in [-0.2, -0.15) is 5.10 Å². The normalized spacial score (nSPS) is 12.6. The summed E-state index contributed by atoms with van der Waals surface area (Å²) in [4.78, 5) is 27.5. The number of nitrogens with one attached hydrogen (secondary N) is 1. The molecule has 0 bridgehead atoms. The van der Waals surface area contributed by atoms with Crippen molar-refractivity contribution >= 4 is 17.6 Å². The number of amides is 2. The molecule has 2 amide bonds. The third-order valence-electron chi connectivity index (χ3n) is 5.38. The number of hydrogen-bond acceptors (Lipinski definition) is 3. The molecule has 1 aromatic carbocycles. The molecule has 0 radical (unpaired) electrons. The Balaban J connectivity index is 2.19. The molecule has 0 unspecified atom stereocenters. The molecule has 0 aliphatic heterocycles. The molecule has 0 atom stereocenters. The van der Waals surface area contributed by atoms with Crippen LogP contribution >= 0.6 is 0 Å². The van der Waals surface area contributed by atoms with Gasteiger partial charge in [-0.25, -0.2) is 4.68 Å². The van der Waals surface area contributed by atoms with Gasteiger partial charge in [-0.05, 0) is 50.8 Å². The molecule has 0 fully saturated rings. The maximum absolute atomic E-state index is 13.0. The fourth-order valence-electron chi connectivity index (χ4n) is 3.33. The van der Waals surface area contributed by atoms with Gasteiger partial charge in [-0.3, -0.25) is 9.59 Å². The van der Waals surface area contributed by atoms with Crippen molar-refractivity contribution < 1.29 is 9.59 Å². The lowest BCUT2D eigenvalue weighted by molar-refractivity contribution is -0.116. The predicted molar refractivity (Wildman–Crippen MR) is 131 cm³/mol. The monoisotopic (exact) mass is 440 g/mol. The second-order valence-electron chi connectivity index (χ2n) is 11.4. The molecule has 0 aliphatic rings. The van der Waals surface area contributed by atoms with E-state index in [-0.39, 0.29) is 34.7 Å². The summed E-state index contributed by atoms with van der Waals surface area (Å²) in [6.45, 7) is 21.1. The molecule has 6 heteroatoms. The average Bonchev–Trinajstić information content (AvgIpc) is 3.09. The Labute approximate surface area is 193 Å². The van der Waals surface area contributed by atoms with Gasteiger partial charge in [0.2, 0.25) is 5.91 Å². The lowest BCUT2D eigenvalue weighted by Crippen LogP contribution is -2.38. The molecule has 1 aromatic heterocycles.